The van der Waals surface area contributed by atoms with E-state index in [1.165, 1.54) is 31.4 Å². The molecule has 3 aromatic rings. The van der Waals surface area contributed by atoms with Crippen molar-refractivity contribution in [1.29, 1.82) is 0 Å². The Labute approximate surface area is 152 Å². The minimum atomic E-state index is -0.784. The highest BCUT2D eigenvalue weighted by Crippen LogP contribution is 2.24. The van der Waals surface area contributed by atoms with Gasteiger partial charge in [-0.3, -0.25) is 4.79 Å². The van der Waals surface area contributed by atoms with Gasteiger partial charge < -0.3 is 14.6 Å². The lowest BCUT2D eigenvalue weighted by Crippen LogP contribution is -2.25. The number of nitrogens with one attached hydrogen (secondary N) is 1. The van der Waals surface area contributed by atoms with E-state index in [4.69, 9.17) is 4.52 Å². The normalized spacial score (nSPS) is 10.5. The molecule has 2 aromatic carbocycles. The van der Waals surface area contributed by atoms with E-state index in [-0.39, 0.29) is 29.0 Å². The maximum atomic E-state index is 13.8. The van der Waals surface area contributed by atoms with E-state index in [1.807, 2.05) is 0 Å². The first-order valence-corrected chi connectivity index (χ1v) is 7.86. The molecule has 0 aliphatic rings. The SMILES string of the molecule is COC(=O)c1ccccc1C(=O)NCc1cc(-c2ccc(F)cc2F)on1. The van der Waals surface area contributed by atoms with Gasteiger partial charge in [-0.2, -0.15) is 0 Å². The Bertz CT molecular complexity index is 1000. The van der Waals surface area contributed by atoms with Crippen LogP contribution in [0.15, 0.2) is 53.1 Å². The smallest absolute Gasteiger partial charge is 0.338 e. The average molecular weight is 372 g/mol. The Morgan fingerprint density at radius 2 is 1.85 bits per heavy atom. The molecule has 1 aromatic heterocycles. The Balaban J connectivity index is 1.72. The van der Waals surface area contributed by atoms with Crippen molar-refractivity contribution in [2.75, 3.05) is 7.11 Å². The summed E-state index contributed by atoms with van der Waals surface area (Å²) < 4.78 is 36.5. The zero-order chi connectivity index (χ0) is 19.4. The first-order chi connectivity index (χ1) is 13.0. The molecule has 0 bridgehead atoms. The van der Waals surface area contributed by atoms with Crippen LogP contribution in [-0.2, 0) is 11.3 Å². The minimum absolute atomic E-state index is 0.0132. The molecule has 0 radical (unpaired) electrons. The summed E-state index contributed by atoms with van der Waals surface area (Å²) in [4.78, 5) is 24.1. The first-order valence-electron chi connectivity index (χ1n) is 7.86. The minimum Gasteiger partial charge on any atom is -0.465 e. The summed E-state index contributed by atoms with van der Waals surface area (Å²) in [5, 5.41) is 6.35. The van der Waals surface area contributed by atoms with Gasteiger partial charge in [0.1, 0.15) is 17.3 Å². The van der Waals surface area contributed by atoms with Gasteiger partial charge in [0.2, 0.25) is 0 Å². The second-order valence-electron chi connectivity index (χ2n) is 5.53. The van der Waals surface area contributed by atoms with Gasteiger partial charge in [-0.25, -0.2) is 13.6 Å². The summed E-state index contributed by atoms with van der Waals surface area (Å²) in [6.07, 6.45) is 0. The molecule has 1 heterocycles. The molecule has 1 N–H and O–H groups in total. The number of halogens is 2. The van der Waals surface area contributed by atoms with Gasteiger partial charge in [0.25, 0.3) is 5.91 Å². The molecular weight excluding hydrogens is 358 g/mol. The lowest BCUT2D eigenvalue weighted by Gasteiger charge is -2.07. The molecule has 0 aliphatic heterocycles. The van der Waals surface area contributed by atoms with E-state index < -0.39 is 23.5 Å². The number of methoxy groups -OCH3 is 1. The number of rotatable bonds is 5. The van der Waals surface area contributed by atoms with Crippen LogP contribution in [0.2, 0.25) is 0 Å². The summed E-state index contributed by atoms with van der Waals surface area (Å²) >= 11 is 0. The number of amides is 1. The third-order valence-electron chi connectivity index (χ3n) is 3.76. The molecule has 6 nitrogen and oxygen atoms in total. The number of esters is 1. The number of carbonyl (C=O) groups excluding carboxylic acids is 2. The molecule has 1 amide bonds. The third-order valence-corrected chi connectivity index (χ3v) is 3.76. The maximum Gasteiger partial charge on any atom is 0.338 e. The van der Waals surface area contributed by atoms with Crippen molar-refractivity contribution in [3.8, 4) is 11.3 Å². The number of ether oxygens (including phenoxy) is 1. The highest BCUT2D eigenvalue weighted by molar-refractivity contribution is 6.05. The van der Waals surface area contributed by atoms with Crippen LogP contribution in [0.3, 0.4) is 0 Å². The lowest BCUT2D eigenvalue weighted by molar-refractivity contribution is 0.0596. The molecule has 0 aliphatic carbocycles. The van der Waals surface area contributed by atoms with Crippen molar-refractivity contribution in [3.63, 3.8) is 0 Å². The highest BCUT2D eigenvalue weighted by Gasteiger charge is 2.18. The van der Waals surface area contributed by atoms with Gasteiger partial charge >= 0.3 is 5.97 Å². The zero-order valence-corrected chi connectivity index (χ0v) is 14.2. The van der Waals surface area contributed by atoms with E-state index in [9.17, 15) is 18.4 Å². The predicted molar refractivity (Wildman–Crippen MR) is 90.8 cm³/mol. The molecule has 0 atom stereocenters. The van der Waals surface area contributed by atoms with Crippen LogP contribution in [0, 0.1) is 11.6 Å². The number of nitrogens with zero attached hydrogens (tertiary/aromatic N) is 1. The topological polar surface area (TPSA) is 81.4 Å². The van der Waals surface area contributed by atoms with Crippen LogP contribution in [0.1, 0.15) is 26.4 Å². The Kier molecular flexibility index (Phi) is 5.25. The molecule has 27 heavy (non-hydrogen) atoms. The quantitative estimate of drug-likeness (QED) is 0.695. The summed E-state index contributed by atoms with van der Waals surface area (Å²) in [5.41, 5.74) is 0.666. The van der Waals surface area contributed by atoms with E-state index in [0.717, 1.165) is 12.1 Å². The van der Waals surface area contributed by atoms with Crippen molar-refractivity contribution in [3.05, 3.63) is 77.0 Å². The third kappa shape index (κ3) is 4.00. The first kappa shape index (κ1) is 18.2. The fourth-order valence-corrected chi connectivity index (χ4v) is 2.45. The number of carbonyl (C=O) groups is 2. The molecule has 0 saturated carbocycles. The van der Waals surface area contributed by atoms with Gasteiger partial charge in [-0.1, -0.05) is 17.3 Å². The molecule has 0 unspecified atom stereocenters. The summed E-state index contributed by atoms with van der Waals surface area (Å²) in [5.74, 6) is -2.52. The summed E-state index contributed by atoms with van der Waals surface area (Å²) in [7, 11) is 1.22. The van der Waals surface area contributed by atoms with Crippen LogP contribution in [0.25, 0.3) is 11.3 Å². The van der Waals surface area contributed by atoms with Crippen LogP contribution < -0.4 is 5.32 Å². The second kappa shape index (κ2) is 7.77. The van der Waals surface area contributed by atoms with Crippen LogP contribution >= 0.6 is 0 Å². The van der Waals surface area contributed by atoms with Crippen molar-refractivity contribution >= 4 is 11.9 Å². The van der Waals surface area contributed by atoms with Gasteiger partial charge in [-0.15, -0.1) is 0 Å². The lowest BCUT2D eigenvalue weighted by atomic mass is 10.1. The van der Waals surface area contributed by atoms with E-state index >= 15 is 0 Å². The molecule has 138 valence electrons. The van der Waals surface area contributed by atoms with Gasteiger partial charge in [0.15, 0.2) is 5.76 Å². The van der Waals surface area contributed by atoms with Crippen molar-refractivity contribution < 1.29 is 27.6 Å². The van der Waals surface area contributed by atoms with Gasteiger partial charge in [0.05, 0.1) is 30.3 Å². The van der Waals surface area contributed by atoms with Crippen molar-refractivity contribution in [1.82, 2.24) is 10.5 Å². The van der Waals surface area contributed by atoms with E-state index in [0.29, 0.717) is 5.69 Å². The molecule has 0 spiro atoms. The molecule has 8 heteroatoms. The Morgan fingerprint density at radius 3 is 2.56 bits per heavy atom. The Hall–Kier alpha value is -3.55. The van der Waals surface area contributed by atoms with E-state index in [1.54, 1.807) is 12.1 Å². The summed E-state index contributed by atoms with van der Waals surface area (Å²) in [6.45, 7) is -0.0132. The highest BCUT2D eigenvalue weighted by atomic mass is 19.1. The molecule has 3 rings (SSSR count). The summed E-state index contributed by atoms with van der Waals surface area (Å²) in [6, 6.07) is 10.7. The number of benzene rings is 2. The van der Waals surface area contributed by atoms with Crippen molar-refractivity contribution in [2.24, 2.45) is 0 Å². The number of hydrogen-bond acceptors (Lipinski definition) is 5. The fourth-order valence-electron chi connectivity index (χ4n) is 2.45. The largest absolute Gasteiger partial charge is 0.465 e. The molecule has 0 saturated heterocycles. The zero-order valence-electron chi connectivity index (χ0n) is 14.2. The van der Waals surface area contributed by atoms with E-state index in [2.05, 4.69) is 15.2 Å². The molecular formula is C19H14F2N2O4. The van der Waals surface area contributed by atoms with Crippen LogP contribution in [0.5, 0.6) is 0 Å². The van der Waals surface area contributed by atoms with Gasteiger partial charge in [0, 0.05) is 12.1 Å². The fraction of sp³-hybridized carbons (Fsp3) is 0.105. The van der Waals surface area contributed by atoms with Gasteiger partial charge in [-0.05, 0) is 24.3 Å². The number of aromatic nitrogens is 1. The monoisotopic (exact) mass is 372 g/mol. The predicted octanol–water partition coefficient (Wildman–Crippen LogP) is 3.34. The molecule has 0 fully saturated rings. The van der Waals surface area contributed by atoms with Crippen molar-refractivity contribution in [2.45, 2.75) is 6.54 Å². The second-order valence-corrected chi connectivity index (χ2v) is 5.53. The van der Waals surface area contributed by atoms with Crippen LogP contribution in [-0.4, -0.2) is 24.1 Å². The Morgan fingerprint density at radius 1 is 1.11 bits per heavy atom. The standard InChI is InChI=1S/C19H14F2N2O4/c1-26-19(25)14-5-3-2-4-13(14)18(24)22-10-12-9-17(27-23-12)15-7-6-11(20)8-16(15)21/h2-9H,10H2,1H3,(H,22,24). The number of hydrogen-bond donors (Lipinski definition) is 1. The maximum absolute atomic E-state index is 13.8. The van der Waals surface area contributed by atoms with Crippen LogP contribution in [0.4, 0.5) is 8.78 Å². The average Bonchev–Trinajstić information content (AvgIpc) is 3.14.